The molecule has 2 N–H and O–H groups in total. The Morgan fingerprint density at radius 1 is 1.19 bits per heavy atom. The van der Waals surface area contributed by atoms with Crippen LogP contribution in [0.1, 0.15) is 64.0 Å². The van der Waals surface area contributed by atoms with E-state index >= 15 is 0 Å². The molecule has 0 saturated heterocycles. The lowest BCUT2D eigenvalue weighted by Gasteiger charge is -2.41. The van der Waals surface area contributed by atoms with Gasteiger partial charge in [-0.2, -0.15) is 0 Å². The Balaban J connectivity index is 1.89. The molecule has 1 fully saturated rings. The van der Waals surface area contributed by atoms with Crippen LogP contribution in [0.25, 0.3) is 0 Å². The minimum absolute atomic E-state index is 0.0702. The van der Waals surface area contributed by atoms with Gasteiger partial charge in [-0.1, -0.05) is 19.9 Å². The van der Waals surface area contributed by atoms with Crippen LogP contribution in [0, 0.1) is 5.41 Å². The van der Waals surface area contributed by atoms with Crippen LogP contribution < -0.4 is 15.2 Å². The van der Waals surface area contributed by atoms with Crippen LogP contribution in [0.4, 0.5) is 0 Å². The average molecular weight is 289 g/mol. The van der Waals surface area contributed by atoms with Crippen molar-refractivity contribution in [1.29, 1.82) is 0 Å². The van der Waals surface area contributed by atoms with Crippen LogP contribution >= 0.6 is 0 Å². The highest BCUT2D eigenvalue weighted by molar-refractivity contribution is 5.44. The molecule has 21 heavy (non-hydrogen) atoms. The van der Waals surface area contributed by atoms with Gasteiger partial charge in [0.05, 0.1) is 7.11 Å². The Morgan fingerprint density at radius 2 is 2.00 bits per heavy atom. The largest absolute Gasteiger partial charge is 0.497 e. The maximum Gasteiger partial charge on any atom is 0.128 e. The zero-order valence-electron chi connectivity index (χ0n) is 13.4. The Labute approximate surface area is 127 Å². The van der Waals surface area contributed by atoms with Crippen LogP contribution in [0.5, 0.6) is 11.5 Å². The molecule has 0 amide bonds. The topological polar surface area (TPSA) is 44.5 Å². The second-order valence-electron chi connectivity index (χ2n) is 7.52. The van der Waals surface area contributed by atoms with Crippen molar-refractivity contribution < 1.29 is 9.47 Å². The molecule has 3 nitrogen and oxygen atoms in total. The van der Waals surface area contributed by atoms with Crippen LogP contribution in [0.15, 0.2) is 18.2 Å². The van der Waals surface area contributed by atoms with Gasteiger partial charge in [0.2, 0.25) is 0 Å². The van der Waals surface area contributed by atoms with Gasteiger partial charge in [-0.05, 0) is 43.6 Å². The predicted octanol–water partition coefficient (Wildman–Crippen LogP) is 4.21. The summed E-state index contributed by atoms with van der Waals surface area (Å²) < 4.78 is 11.8. The molecule has 2 atom stereocenters. The van der Waals surface area contributed by atoms with Gasteiger partial charge in [0, 0.05) is 24.1 Å². The maximum atomic E-state index is 6.49. The molecule has 0 radical (unpaired) electrons. The first-order chi connectivity index (χ1) is 9.93. The maximum absolute atomic E-state index is 6.49. The Kier molecular flexibility index (Phi) is 3.64. The monoisotopic (exact) mass is 289 g/mol. The number of benzene rings is 1. The molecule has 1 aliphatic carbocycles. The molecule has 2 aliphatic rings. The molecule has 1 heterocycles. The van der Waals surface area contributed by atoms with Crippen LogP contribution in [0.3, 0.4) is 0 Å². The van der Waals surface area contributed by atoms with Crippen molar-refractivity contribution >= 4 is 0 Å². The summed E-state index contributed by atoms with van der Waals surface area (Å²) in [6.45, 7) is 4.73. The van der Waals surface area contributed by atoms with Gasteiger partial charge < -0.3 is 15.2 Å². The van der Waals surface area contributed by atoms with E-state index in [9.17, 15) is 0 Å². The number of methoxy groups -OCH3 is 1. The summed E-state index contributed by atoms with van der Waals surface area (Å²) in [7, 11) is 1.69. The van der Waals surface area contributed by atoms with Crippen molar-refractivity contribution in [2.45, 2.75) is 64.0 Å². The van der Waals surface area contributed by atoms with E-state index in [1.54, 1.807) is 7.11 Å². The van der Waals surface area contributed by atoms with Crippen molar-refractivity contribution in [3.05, 3.63) is 23.8 Å². The quantitative estimate of drug-likeness (QED) is 0.842. The second-order valence-corrected chi connectivity index (χ2v) is 7.52. The third kappa shape index (κ3) is 2.89. The molecule has 1 spiro atoms. The Morgan fingerprint density at radius 3 is 2.76 bits per heavy atom. The molecule has 1 unspecified atom stereocenters. The molecule has 1 aromatic carbocycles. The smallest absolute Gasteiger partial charge is 0.128 e. The van der Waals surface area contributed by atoms with Gasteiger partial charge in [-0.3, -0.25) is 0 Å². The van der Waals surface area contributed by atoms with E-state index in [0.717, 1.165) is 36.3 Å². The van der Waals surface area contributed by atoms with E-state index in [1.807, 2.05) is 18.2 Å². The van der Waals surface area contributed by atoms with Gasteiger partial charge in [-0.15, -0.1) is 0 Å². The minimum Gasteiger partial charge on any atom is -0.497 e. The van der Waals surface area contributed by atoms with E-state index in [4.69, 9.17) is 15.2 Å². The fourth-order valence-corrected chi connectivity index (χ4v) is 3.83. The number of nitrogens with two attached hydrogens (primary N) is 1. The first-order valence-corrected chi connectivity index (χ1v) is 8.06. The zero-order valence-corrected chi connectivity index (χ0v) is 13.4. The van der Waals surface area contributed by atoms with Crippen molar-refractivity contribution in [3.8, 4) is 11.5 Å². The molecule has 1 aliphatic heterocycles. The van der Waals surface area contributed by atoms with Gasteiger partial charge in [0.15, 0.2) is 0 Å². The summed E-state index contributed by atoms with van der Waals surface area (Å²) in [5.74, 6) is 1.76. The normalized spacial score (nSPS) is 31.1. The van der Waals surface area contributed by atoms with Crippen LogP contribution in [-0.4, -0.2) is 12.7 Å². The number of fused-ring (bicyclic) bond motifs is 1. The van der Waals surface area contributed by atoms with E-state index in [1.165, 1.54) is 19.3 Å². The lowest BCUT2D eigenvalue weighted by Crippen LogP contribution is -2.42. The van der Waals surface area contributed by atoms with Crippen molar-refractivity contribution in [2.75, 3.05) is 7.11 Å². The summed E-state index contributed by atoms with van der Waals surface area (Å²) in [6, 6.07) is 6.08. The predicted molar refractivity (Wildman–Crippen MR) is 84.8 cm³/mol. The van der Waals surface area contributed by atoms with Crippen molar-refractivity contribution in [1.82, 2.24) is 0 Å². The first-order valence-electron chi connectivity index (χ1n) is 8.06. The zero-order chi connectivity index (χ0) is 15.1. The molecule has 3 heteroatoms. The minimum atomic E-state index is -0.0768. The third-order valence-electron chi connectivity index (χ3n) is 5.28. The SMILES string of the molecule is COc1ccc2c(c1)OC1(CCCC(C)(C)CC1)C[C@H]2N. The number of ether oxygens (including phenoxy) is 2. The average Bonchev–Trinajstić information content (AvgIpc) is 2.58. The summed E-state index contributed by atoms with van der Waals surface area (Å²) in [6.07, 6.45) is 6.85. The molecule has 3 rings (SSSR count). The summed E-state index contributed by atoms with van der Waals surface area (Å²) in [5.41, 5.74) is 7.90. The highest BCUT2D eigenvalue weighted by atomic mass is 16.5. The molecular formula is C18H27NO2. The van der Waals surface area contributed by atoms with Gasteiger partial charge in [0.1, 0.15) is 17.1 Å². The van der Waals surface area contributed by atoms with Gasteiger partial charge >= 0.3 is 0 Å². The van der Waals surface area contributed by atoms with Crippen LogP contribution in [0.2, 0.25) is 0 Å². The van der Waals surface area contributed by atoms with E-state index in [-0.39, 0.29) is 11.6 Å². The fraction of sp³-hybridized carbons (Fsp3) is 0.667. The van der Waals surface area contributed by atoms with Crippen molar-refractivity contribution in [3.63, 3.8) is 0 Å². The van der Waals surface area contributed by atoms with E-state index in [0.29, 0.717) is 5.41 Å². The summed E-state index contributed by atoms with van der Waals surface area (Å²) in [4.78, 5) is 0. The fourth-order valence-electron chi connectivity index (χ4n) is 3.83. The summed E-state index contributed by atoms with van der Waals surface area (Å²) >= 11 is 0. The molecule has 116 valence electrons. The Bertz CT molecular complexity index is 526. The third-order valence-corrected chi connectivity index (χ3v) is 5.28. The molecule has 0 bridgehead atoms. The number of hydrogen-bond acceptors (Lipinski definition) is 3. The van der Waals surface area contributed by atoms with E-state index in [2.05, 4.69) is 13.8 Å². The van der Waals surface area contributed by atoms with Crippen molar-refractivity contribution in [2.24, 2.45) is 11.1 Å². The standard InChI is InChI=1S/C18H27NO2/c1-17(2)7-4-8-18(10-9-17)12-15(19)14-6-5-13(20-3)11-16(14)21-18/h5-6,11,15H,4,7-10,12,19H2,1-3H3/t15-,18?/m1/s1. The van der Waals surface area contributed by atoms with Crippen LogP contribution in [-0.2, 0) is 0 Å². The first kappa shape index (κ1) is 14.7. The summed E-state index contributed by atoms with van der Waals surface area (Å²) in [5, 5.41) is 0. The highest BCUT2D eigenvalue weighted by Gasteiger charge is 2.42. The lowest BCUT2D eigenvalue weighted by molar-refractivity contribution is 0.0187. The van der Waals surface area contributed by atoms with E-state index < -0.39 is 0 Å². The van der Waals surface area contributed by atoms with Gasteiger partial charge in [0.25, 0.3) is 0 Å². The van der Waals surface area contributed by atoms with Gasteiger partial charge in [-0.25, -0.2) is 0 Å². The number of hydrogen-bond donors (Lipinski definition) is 1. The molecule has 1 saturated carbocycles. The Hall–Kier alpha value is -1.22. The second kappa shape index (κ2) is 5.20. The lowest BCUT2D eigenvalue weighted by atomic mass is 9.80. The molecule has 0 aromatic heterocycles. The molecule has 1 aromatic rings. The molecular weight excluding hydrogens is 262 g/mol. The highest BCUT2D eigenvalue weighted by Crippen LogP contribution is 2.48. The number of rotatable bonds is 1.